The molecule has 6 heteroatoms. The summed E-state index contributed by atoms with van der Waals surface area (Å²) < 4.78 is 1.89. The van der Waals surface area contributed by atoms with Crippen LogP contribution in [0, 0.1) is 3.57 Å². The Morgan fingerprint density at radius 1 is 1.31 bits per heavy atom. The highest BCUT2D eigenvalue weighted by molar-refractivity contribution is 14.1. The third-order valence-corrected chi connectivity index (χ3v) is 3.35. The lowest BCUT2D eigenvalue weighted by atomic mass is 10.3. The Hall–Kier alpha value is -0.0800. The first-order chi connectivity index (χ1) is 6.25. The summed E-state index contributed by atoms with van der Waals surface area (Å²) in [6, 6.07) is 2.03. The van der Waals surface area contributed by atoms with Crippen molar-refractivity contribution < 1.29 is 0 Å². The smallest absolute Gasteiger partial charge is 0.183 e. The van der Waals surface area contributed by atoms with Gasteiger partial charge in [-0.25, -0.2) is 0 Å². The van der Waals surface area contributed by atoms with E-state index in [1.165, 1.54) is 11.3 Å². The molecule has 0 aliphatic carbocycles. The van der Waals surface area contributed by atoms with Gasteiger partial charge < -0.3 is 0 Å². The highest BCUT2D eigenvalue weighted by Crippen LogP contribution is 2.26. The highest BCUT2D eigenvalue weighted by atomic mass is 127. The topological polar surface area (TPSA) is 38.7 Å². The van der Waals surface area contributed by atoms with Crippen LogP contribution < -0.4 is 0 Å². The summed E-state index contributed by atoms with van der Waals surface area (Å²) in [6.45, 7) is 0. The van der Waals surface area contributed by atoms with E-state index >= 15 is 0 Å². The fourth-order valence-electron chi connectivity index (χ4n) is 0.851. The van der Waals surface area contributed by atoms with Gasteiger partial charge in [0.1, 0.15) is 5.01 Å². The maximum atomic E-state index is 4.09. The van der Waals surface area contributed by atoms with E-state index in [0.717, 1.165) is 18.1 Å². The molecule has 0 aromatic carbocycles. The Balaban J connectivity index is 2.46. The highest BCUT2D eigenvalue weighted by Gasteiger charge is 2.04. The zero-order chi connectivity index (χ0) is 9.26. The van der Waals surface area contributed by atoms with Gasteiger partial charge in [0.2, 0.25) is 0 Å². The van der Waals surface area contributed by atoms with Crippen LogP contribution in [0.3, 0.4) is 0 Å². The number of aromatic nitrogens is 3. The Morgan fingerprint density at radius 3 is 2.77 bits per heavy atom. The predicted molar refractivity (Wildman–Crippen MR) is 63.6 cm³/mol. The minimum atomic E-state index is 0.793. The maximum Gasteiger partial charge on any atom is 0.183 e. The van der Waals surface area contributed by atoms with Crippen LogP contribution in [-0.4, -0.2) is 15.2 Å². The second-order valence-corrected chi connectivity index (χ2v) is 5.75. The second-order valence-electron chi connectivity index (χ2n) is 2.25. The summed E-state index contributed by atoms with van der Waals surface area (Å²) >= 11 is 6.99. The molecule has 0 bridgehead atoms. The largest absolute Gasteiger partial charge is 0.263 e. The van der Waals surface area contributed by atoms with Crippen LogP contribution in [0.15, 0.2) is 22.4 Å². The summed E-state index contributed by atoms with van der Waals surface area (Å²) in [5.74, 6) is 0. The molecule has 2 aromatic rings. The molecule has 0 fully saturated rings. The van der Waals surface area contributed by atoms with Gasteiger partial charge in [-0.15, -0.1) is 10.2 Å². The average molecular weight is 368 g/mol. The molecule has 0 radical (unpaired) electrons. The molecule has 3 nitrogen and oxygen atoms in total. The van der Waals surface area contributed by atoms with Gasteiger partial charge in [-0.05, 0) is 44.6 Å². The first-order valence-electron chi connectivity index (χ1n) is 3.35. The van der Waals surface area contributed by atoms with E-state index in [-0.39, 0.29) is 0 Å². The standard InChI is InChI=1S/C7H3BrIN3S/c8-7-12-11-6(13-7)4-1-5(9)3-10-2-4/h1-3H. The lowest BCUT2D eigenvalue weighted by Crippen LogP contribution is -1.80. The Kier molecular flexibility index (Phi) is 2.89. The molecule has 0 N–H and O–H groups in total. The molecule has 0 aliphatic rings. The van der Waals surface area contributed by atoms with Crippen molar-refractivity contribution in [1.82, 2.24) is 15.2 Å². The fourth-order valence-corrected chi connectivity index (χ4v) is 2.44. The molecule has 2 heterocycles. The van der Waals surface area contributed by atoms with E-state index in [2.05, 4.69) is 53.7 Å². The minimum Gasteiger partial charge on any atom is -0.263 e. The summed E-state index contributed by atoms with van der Waals surface area (Å²) in [4.78, 5) is 4.09. The van der Waals surface area contributed by atoms with Gasteiger partial charge in [0.05, 0.1) is 0 Å². The molecule has 0 unspecified atom stereocenters. The van der Waals surface area contributed by atoms with Gasteiger partial charge in [0, 0.05) is 21.5 Å². The number of nitrogens with zero attached hydrogens (tertiary/aromatic N) is 3. The third kappa shape index (κ3) is 2.23. The van der Waals surface area contributed by atoms with Gasteiger partial charge in [-0.2, -0.15) is 0 Å². The SMILES string of the molecule is Brc1nnc(-c2cncc(I)c2)s1. The van der Waals surface area contributed by atoms with Crippen molar-refractivity contribution in [2.24, 2.45) is 0 Å². The van der Waals surface area contributed by atoms with Crippen LogP contribution in [0.2, 0.25) is 0 Å². The van der Waals surface area contributed by atoms with E-state index in [4.69, 9.17) is 0 Å². The summed E-state index contributed by atoms with van der Waals surface area (Å²) in [5.41, 5.74) is 1.01. The van der Waals surface area contributed by atoms with Crippen molar-refractivity contribution in [1.29, 1.82) is 0 Å². The number of hydrogen-bond donors (Lipinski definition) is 0. The van der Waals surface area contributed by atoms with Crippen molar-refractivity contribution in [3.8, 4) is 10.6 Å². The molecule has 0 saturated heterocycles. The molecular formula is C7H3BrIN3S. The van der Waals surface area contributed by atoms with Crippen LogP contribution in [0.1, 0.15) is 0 Å². The molecule has 0 saturated carbocycles. The van der Waals surface area contributed by atoms with Crippen LogP contribution in [-0.2, 0) is 0 Å². The number of hydrogen-bond acceptors (Lipinski definition) is 4. The first kappa shape index (κ1) is 9.47. The van der Waals surface area contributed by atoms with E-state index in [1.54, 1.807) is 12.4 Å². The molecule has 2 aromatic heterocycles. The Morgan fingerprint density at radius 2 is 2.15 bits per heavy atom. The van der Waals surface area contributed by atoms with Crippen molar-refractivity contribution in [2.45, 2.75) is 0 Å². The van der Waals surface area contributed by atoms with E-state index < -0.39 is 0 Å². The molecular weight excluding hydrogens is 365 g/mol. The summed E-state index contributed by atoms with van der Waals surface area (Å²) in [6.07, 6.45) is 3.59. The second kappa shape index (κ2) is 3.97. The van der Waals surface area contributed by atoms with Gasteiger partial charge >= 0.3 is 0 Å². The van der Waals surface area contributed by atoms with Crippen molar-refractivity contribution in [2.75, 3.05) is 0 Å². The maximum absolute atomic E-state index is 4.09. The minimum absolute atomic E-state index is 0.793. The number of rotatable bonds is 1. The molecule has 0 atom stereocenters. The zero-order valence-corrected chi connectivity index (χ0v) is 10.8. The van der Waals surface area contributed by atoms with Gasteiger partial charge in [0.15, 0.2) is 3.92 Å². The predicted octanol–water partition coefficient (Wildman–Crippen LogP) is 2.97. The molecule has 0 aliphatic heterocycles. The van der Waals surface area contributed by atoms with Gasteiger partial charge in [0.25, 0.3) is 0 Å². The lowest BCUT2D eigenvalue weighted by Gasteiger charge is -1.93. The van der Waals surface area contributed by atoms with Crippen LogP contribution in [0.5, 0.6) is 0 Å². The molecule has 0 amide bonds. The quantitative estimate of drug-likeness (QED) is 0.727. The van der Waals surface area contributed by atoms with E-state index in [0.29, 0.717) is 0 Å². The van der Waals surface area contributed by atoms with Gasteiger partial charge in [-0.1, -0.05) is 11.3 Å². The number of pyridine rings is 1. The average Bonchev–Trinajstić information content (AvgIpc) is 2.52. The van der Waals surface area contributed by atoms with E-state index in [9.17, 15) is 0 Å². The number of halogens is 2. The summed E-state index contributed by atoms with van der Waals surface area (Å²) in [7, 11) is 0. The normalized spacial score (nSPS) is 10.3. The van der Waals surface area contributed by atoms with Crippen LogP contribution in [0.4, 0.5) is 0 Å². The van der Waals surface area contributed by atoms with Crippen LogP contribution >= 0.6 is 49.9 Å². The Bertz CT molecular complexity index is 431. The zero-order valence-electron chi connectivity index (χ0n) is 6.24. The van der Waals surface area contributed by atoms with Crippen molar-refractivity contribution >= 4 is 49.9 Å². The lowest BCUT2D eigenvalue weighted by molar-refractivity contribution is 1.07. The summed E-state index contributed by atoms with van der Waals surface area (Å²) in [5, 5.41) is 8.77. The molecule has 13 heavy (non-hydrogen) atoms. The fraction of sp³-hybridized carbons (Fsp3) is 0. The van der Waals surface area contributed by atoms with Gasteiger partial charge in [-0.3, -0.25) is 4.98 Å². The molecule has 2 rings (SSSR count). The molecule has 0 spiro atoms. The molecule has 66 valence electrons. The van der Waals surface area contributed by atoms with Crippen molar-refractivity contribution in [3.05, 3.63) is 25.9 Å². The first-order valence-corrected chi connectivity index (χ1v) is 6.04. The van der Waals surface area contributed by atoms with Crippen LogP contribution in [0.25, 0.3) is 10.6 Å². The van der Waals surface area contributed by atoms with Crippen molar-refractivity contribution in [3.63, 3.8) is 0 Å². The monoisotopic (exact) mass is 367 g/mol. The third-order valence-electron chi connectivity index (χ3n) is 1.35. The Labute approximate surface area is 101 Å². The van der Waals surface area contributed by atoms with E-state index in [1.807, 2.05) is 6.07 Å².